The molecule has 0 unspecified atom stereocenters. The van der Waals surface area contributed by atoms with Crippen LogP contribution in [0, 0.1) is 0 Å². The Labute approximate surface area is 177 Å². The van der Waals surface area contributed by atoms with E-state index in [2.05, 4.69) is 0 Å². The molecule has 0 amide bonds. The van der Waals surface area contributed by atoms with E-state index in [1.54, 1.807) is 55.5 Å². The third kappa shape index (κ3) is 5.26. The minimum Gasteiger partial charge on any atom is -0.462 e. The molecule has 28 heavy (non-hydrogen) atoms. The molecular weight excluding hydrogens is 427 g/mol. The van der Waals surface area contributed by atoms with Gasteiger partial charge >= 0.3 is 5.24 Å². The molecule has 3 rings (SSSR count). The molecule has 0 aromatic heterocycles. The Morgan fingerprint density at radius 3 is 2.04 bits per heavy atom. The Hall–Kier alpha value is -1.61. The zero-order valence-electron chi connectivity index (χ0n) is 14.7. The number of hydrogen-bond acceptors (Lipinski definition) is 7. The van der Waals surface area contributed by atoms with Crippen LogP contribution in [-0.2, 0) is 9.47 Å². The molecule has 0 radical (unpaired) electrons. The van der Waals surface area contributed by atoms with Gasteiger partial charge in [-0.2, -0.15) is 0 Å². The van der Waals surface area contributed by atoms with Crippen LogP contribution in [0.5, 0.6) is 11.5 Å². The molecule has 9 heteroatoms. The molecular formula is C19H18Cl2O6S. The lowest BCUT2D eigenvalue weighted by Crippen LogP contribution is -2.59. The van der Waals surface area contributed by atoms with E-state index in [1.165, 1.54) is 0 Å². The van der Waals surface area contributed by atoms with Gasteiger partial charge in [-0.3, -0.25) is 0 Å². The van der Waals surface area contributed by atoms with Crippen LogP contribution in [0.4, 0.5) is 0 Å². The van der Waals surface area contributed by atoms with Gasteiger partial charge in [0.15, 0.2) is 12.2 Å². The van der Waals surface area contributed by atoms with Crippen molar-refractivity contribution in [3.63, 3.8) is 0 Å². The number of thiocarbonyl (C=S) groups is 1. The molecule has 6 nitrogen and oxygen atoms in total. The lowest BCUT2D eigenvalue weighted by Gasteiger charge is -2.40. The van der Waals surface area contributed by atoms with Gasteiger partial charge in [0, 0.05) is 22.3 Å². The number of rotatable bonds is 4. The first-order valence-electron chi connectivity index (χ1n) is 8.41. The summed E-state index contributed by atoms with van der Waals surface area (Å²) in [6, 6.07) is 13.1. The summed E-state index contributed by atoms with van der Waals surface area (Å²) in [5.74, 6) is 0.850. The largest absolute Gasteiger partial charge is 0.462 e. The molecule has 0 aliphatic carbocycles. The van der Waals surface area contributed by atoms with Crippen LogP contribution in [0.25, 0.3) is 0 Å². The highest BCUT2D eigenvalue weighted by atomic mass is 35.5. The SMILES string of the molecule is C[C@@H]1O[C@@H](Oc2ccc(Cl)cc2)[C@@H](O)[C@H](OC(=S)Oc2ccc(Cl)cc2)[C@@H]1O. The van der Waals surface area contributed by atoms with Crippen molar-refractivity contribution in [2.45, 2.75) is 37.6 Å². The van der Waals surface area contributed by atoms with Crippen molar-refractivity contribution in [2.75, 3.05) is 0 Å². The summed E-state index contributed by atoms with van der Waals surface area (Å²) in [5, 5.41) is 21.8. The van der Waals surface area contributed by atoms with Crippen LogP contribution < -0.4 is 9.47 Å². The molecule has 2 aromatic rings. The van der Waals surface area contributed by atoms with Crippen LogP contribution in [-0.4, -0.2) is 46.2 Å². The molecule has 1 fully saturated rings. The lowest BCUT2D eigenvalue weighted by atomic mass is 10.00. The predicted octanol–water partition coefficient (Wildman–Crippen LogP) is 3.59. The van der Waals surface area contributed by atoms with E-state index in [0.29, 0.717) is 21.5 Å². The van der Waals surface area contributed by atoms with E-state index in [4.69, 9.17) is 54.4 Å². The van der Waals surface area contributed by atoms with Crippen LogP contribution in [0.3, 0.4) is 0 Å². The van der Waals surface area contributed by atoms with Gasteiger partial charge in [0.25, 0.3) is 0 Å². The Morgan fingerprint density at radius 2 is 1.46 bits per heavy atom. The van der Waals surface area contributed by atoms with E-state index in [9.17, 15) is 10.2 Å². The Bertz CT molecular complexity index is 801. The van der Waals surface area contributed by atoms with E-state index in [0.717, 1.165) is 0 Å². The van der Waals surface area contributed by atoms with Crippen LogP contribution in [0.2, 0.25) is 10.0 Å². The van der Waals surface area contributed by atoms with Crippen LogP contribution in [0.15, 0.2) is 48.5 Å². The summed E-state index contributed by atoms with van der Waals surface area (Å²) in [5.41, 5.74) is 0. The zero-order chi connectivity index (χ0) is 20.3. The van der Waals surface area contributed by atoms with Crippen molar-refractivity contribution in [2.24, 2.45) is 0 Å². The highest BCUT2D eigenvalue weighted by molar-refractivity contribution is 7.79. The zero-order valence-corrected chi connectivity index (χ0v) is 17.0. The van der Waals surface area contributed by atoms with Gasteiger partial charge in [-0.15, -0.1) is 0 Å². The third-order valence-electron chi connectivity index (χ3n) is 4.09. The third-order valence-corrected chi connectivity index (χ3v) is 4.78. The fourth-order valence-corrected chi connectivity index (χ4v) is 3.07. The maximum Gasteiger partial charge on any atom is 0.358 e. The standard InChI is InChI=1S/C19H18Cl2O6S/c1-10-15(22)17(27-19(28)26-14-8-4-12(21)5-9-14)16(23)18(24-10)25-13-6-2-11(20)3-7-13/h2-10,15-18,22-23H,1H3/t10-,15+,16-,17+,18-/m0/s1. The minimum absolute atomic E-state index is 0.259. The van der Waals surface area contributed by atoms with Crippen molar-refractivity contribution in [3.8, 4) is 11.5 Å². The average molecular weight is 445 g/mol. The fraction of sp³-hybridized carbons (Fsp3) is 0.316. The molecule has 0 spiro atoms. The van der Waals surface area contributed by atoms with Gasteiger partial charge in [0.2, 0.25) is 6.29 Å². The van der Waals surface area contributed by atoms with E-state index in [-0.39, 0.29) is 5.24 Å². The number of hydrogen-bond donors (Lipinski definition) is 2. The lowest BCUT2D eigenvalue weighted by molar-refractivity contribution is -0.266. The quantitative estimate of drug-likeness (QED) is 0.697. The second-order valence-electron chi connectivity index (χ2n) is 6.15. The highest BCUT2D eigenvalue weighted by Gasteiger charge is 2.46. The van der Waals surface area contributed by atoms with E-state index in [1.807, 2.05) is 0 Å². The number of ether oxygens (including phenoxy) is 4. The van der Waals surface area contributed by atoms with Gasteiger partial charge in [0.1, 0.15) is 17.6 Å². The molecule has 5 atom stereocenters. The molecule has 2 aromatic carbocycles. The maximum atomic E-state index is 10.6. The van der Waals surface area contributed by atoms with Gasteiger partial charge in [0.05, 0.1) is 6.10 Å². The molecule has 150 valence electrons. The van der Waals surface area contributed by atoms with Crippen LogP contribution >= 0.6 is 35.4 Å². The predicted molar refractivity (Wildman–Crippen MR) is 108 cm³/mol. The first-order chi connectivity index (χ1) is 13.3. The second-order valence-corrected chi connectivity index (χ2v) is 7.36. The summed E-state index contributed by atoms with van der Waals surface area (Å²) < 4.78 is 22.1. The van der Waals surface area contributed by atoms with Crippen molar-refractivity contribution in [1.82, 2.24) is 0 Å². The molecule has 1 heterocycles. The fourth-order valence-electron chi connectivity index (χ4n) is 2.61. The minimum atomic E-state index is -1.33. The average Bonchev–Trinajstić information content (AvgIpc) is 2.67. The van der Waals surface area contributed by atoms with Crippen molar-refractivity contribution in [1.29, 1.82) is 0 Å². The second kappa shape index (κ2) is 9.26. The smallest absolute Gasteiger partial charge is 0.358 e. The summed E-state index contributed by atoms with van der Waals surface area (Å²) in [7, 11) is 0. The molecule has 1 aliphatic heterocycles. The number of benzene rings is 2. The molecule has 0 bridgehead atoms. The maximum absolute atomic E-state index is 10.6. The summed E-state index contributed by atoms with van der Waals surface area (Å²) >= 11 is 16.8. The molecule has 1 aliphatic rings. The Morgan fingerprint density at radius 1 is 0.929 bits per heavy atom. The number of halogens is 2. The van der Waals surface area contributed by atoms with Gasteiger partial charge in [-0.25, -0.2) is 0 Å². The molecule has 0 saturated carbocycles. The first kappa shape index (κ1) is 21.1. The van der Waals surface area contributed by atoms with Crippen molar-refractivity contribution < 1.29 is 29.2 Å². The van der Waals surface area contributed by atoms with Crippen LogP contribution in [0.1, 0.15) is 6.92 Å². The normalized spacial score (nSPS) is 27.1. The summed E-state index contributed by atoms with van der Waals surface area (Å²) in [4.78, 5) is 0. The van der Waals surface area contributed by atoms with E-state index >= 15 is 0 Å². The number of aliphatic hydroxyl groups is 2. The first-order valence-corrected chi connectivity index (χ1v) is 9.58. The summed E-state index contributed by atoms with van der Waals surface area (Å²) in [6.45, 7) is 1.63. The monoisotopic (exact) mass is 444 g/mol. The van der Waals surface area contributed by atoms with Gasteiger partial charge < -0.3 is 29.2 Å². The van der Waals surface area contributed by atoms with Crippen molar-refractivity contribution >= 4 is 40.7 Å². The Kier molecular flexibility index (Phi) is 6.98. The van der Waals surface area contributed by atoms with Crippen molar-refractivity contribution in [3.05, 3.63) is 58.6 Å². The van der Waals surface area contributed by atoms with E-state index < -0.39 is 30.7 Å². The highest BCUT2D eigenvalue weighted by Crippen LogP contribution is 2.27. The van der Waals surface area contributed by atoms with Gasteiger partial charge in [-0.05, 0) is 55.5 Å². The Balaban J connectivity index is 1.66. The molecule has 2 N–H and O–H groups in total. The topological polar surface area (TPSA) is 77.4 Å². The molecule has 1 saturated heterocycles. The number of aliphatic hydroxyl groups excluding tert-OH is 2. The summed E-state index contributed by atoms with van der Waals surface area (Å²) in [6.07, 6.45) is -5.34. The van der Waals surface area contributed by atoms with Gasteiger partial charge in [-0.1, -0.05) is 23.2 Å².